The number of aromatic nitrogens is 1. The van der Waals surface area contributed by atoms with Crippen LogP contribution in [0.2, 0.25) is 10.0 Å². The van der Waals surface area contributed by atoms with Crippen LogP contribution < -0.4 is 4.80 Å². The maximum Gasteiger partial charge on any atom is 0.281 e. The maximum atomic E-state index is 12.3. The molecule has 1 heterocycles. The van der Waals surface area contributed by atoms with E-state index in [1.54, 1.807) is 25.3 Å². The zero-order valence-corrected chi connectivity index (χ0v) is 13.9. The van der Waals surface area contributed by atoms with Crippen LogP contribution in [0.5, 0.6) is 0 Å². The minimum atomic E-state index is -0.407. The number of ether oxygens (including phenoxy) is 1. The first kappa shape index (κ1) is 16.2. The molecule has 1 aromatic carbocycles. The van der Waals surface area contributed by atoms with E-state index in [1.165, 1.54) is 11.3 Å². The normalized spacial score (nSPS) is 11.9. The Morgan fingerprint density at radius 1 is 1.43 bits per heavy atom. The van der Waals surface area contributed by atoms with Crippen molar-refractivity contribution >= 4 is 40.4 Å². The van der Waals surface area contributed by atoms with Gasteiger partial charge in [0.25, 0.3) is 5.91 Å². The van der Waals surface area contributed by atoms with Crippen molar-refractivity contribution in [2.45, 2.75) is 13.5 Å². The molecular weight excluding hydrogens is 331 g/mol. The molecule has 0 spiro atoms. The molecule has 1 aromatic heterocycles. The fourth-order valence-electron chi connectivity index (χ4n) is 1.76. The Morgan fingerprint density at radius 3 is 2.90 bits per heavy atom. The smallest absolute Gasteiger partial charge is 0.281 e. The number of hydrogen-bond donors (Lipinski definition) is 0. The third-order valence-electron chi connectivity index (χ3n) is 2.75. The quantitative estimate of drug-likeness (QED) is 0.851. The van der Waals surface area contributed by atoms with Crippen LogP contribution in [-0.4, -0.2) is 24.2 Å². The second kappa shape index (κ2) is 7.22. The van der Waals surface area contributed by atoms with Gasteiger partial charge in [-0.05, 0) is 19.1 Å². The fourth-order valence-corrected chi connectivity index (χ4v) is 3.00. The second-order valence-corrected chi connectivity index (χ2v) is 6.33. The Balaban J connectivity index is 2.39. The van der Waals surface area contributed by atoms with Crippen molar-refractivity contribution in [1.82, 2.24) is 4.57 Å². The van der Waals surface area contributed by atoms with Gasteiger partial charge in [-0.3, -0.25) is 4.79 Å². The number of aryl methyl sites for hydroxylation is 1. The highest BCUT2D eigenvalue weighted by molar-refractivity contribution is 7.09. The molecular formula is C14H14Cl2N2O2S. The molecule has 0 radical (unpaired) electrons. The summed E-state index contributed by atoms with van der Waals surface area (Å²) >= 11 is 13.4. The van der Waals surface area contributed by atoms with Gasteiger partial charge in [-0.15, -0.1) is 11.3 Å². The zero-order valence-electron chi connectivity index (χ0n) is 11.6. The van der Waals surface area contributed by atoms with Crippen molar-refractivity contribution in [2.24, 2.45) is 4.99 Å². The van der Waals surface area contributed by atoms with Crippen LogP contribution in [0.3, 0.4) is 0 Å². The van der Waals surface area contributed by atoms with E-state index in [0.29, 0.717) is 28.5 Å². The molecule has 0 N–H and O–H groups in total. The van der Waals surface area contributed by atoms with Gasteiger partial charge < -0.3 is 9.30 Å². The van der Waals surface area contributed by atoms with E-state index < -0.39 is 5.91 Å². The first-order valence-corrected chi connectivity index (χ1v) is 7.79. The number of thiazole rings is 1. The van der Waals surface area contributed by atoms with E-state index in [9.17, 15) is 4.79 Å². The summed E-state index contributed by atoms with van der Waals surface area (Å²) < 4.78 is 6.94. The number of rotatable bonds is 4. The highest BCUT2D eigenvalue weighted by atomic mass is 35.5. The number of benzene rings is 1. The number of halogens is 2. The molecule has 7 heteroatoms. The number of methoxy groups -OCH3 is 1. The van der Waals surface area contributed by atoms with Gasteiger partial charge in [-0.1, -0.05) is 29.3 Å². The highest BCUT2D eigenvalue weighted by Gasteiger charge is 2.12. The number of carbonyl (C=O) groups is 1. The Labute approximate surface area is 136 Å². The molecule has 0 fully saturated rings. The molecule has 112 valence electrons. The Kier molecular flexibility index (Phi) is 5.58. The molecule has 0 unspecified atom stereocenters. The number of nitrogens with zero attached hydrogens (tertiary/aromatic N) is 2. The van der Waals surface area contributed by atoms with Gasteiger partial charge in [0.2, 0.25) is 0 Å². The van der Waals surface area contributed by atoms with E-state index in [4.69, 9.17) is 27.9 Å². The topological polar surface area (TPSA) is 43.6 Å². The lowest BCUT2D eigenvalue weighted by Gasteiger charge is -2.02. The monoisotopic (exact) mass is 344 g/mol. The molecule has 0 aliphatic carbocycles. The predicted octanol–water partition coefficient (Wildman–Crippen LogP) is 3.55. The molecule has 0 saturated carbocycles. The van der Waals surface area contributed by atoms with E-state index in [2.05, 4.69) is 4.99 Å². The Morgan fingerprint density at radius 2 is 2.19 bits per heavy atom. The molecule has 0 atom stereocenters. The van der Waals surface area contributed by atoms with Crippen molar-refractivity contribution in [1.29, 1.82) is 0 Å². The third kappa shape index (κ3) is 3.95. The minimum Gasteiger partial charge on any atom is -0.383 e. The average Bonchev–Trinajstić information content (AvgIpc) is 2.79. The van der Waals surface area contributed by atoms with Crippen LogP contribution >= 0.6 is 34.5 Å². The molecule has 0 aliphatic rings. The van der Waals surface area contributed by atoms with Gasteiger partial charge in [-0.25, -0.2) is 0 Å². The average molecular weight is 345 g/mol. The lowest BCUT2D eigenvalue weighted by Crippen LogP contribution is -2.18. The lowest BCUT2D eigenvalue weighted by molar-refractivity contribution is 0.0997. The summed E-state index contributed by atoms with van der Waals surface area (Å²) in [5.74, 6) is -0.407. The second-order valence-electron chi connectivity index (χ2n) is 4.33. The van der Waals surface area contributed by atoms with E-state index in [1.807, 2.05) is 17.7 Å². The summed E-state index contributed by atoms with van der Waals surface area (Å²) in [6.07, 6.45) is 1.94. The van der Waals surface area contributed by atoms with E-state index >= 15 is 0 Å². The molecule has 0 aliphatic heterocycles. The Hall–Kier alpha value is -1.14. The van der Waals surface area contributed by atoms with Crippen molar-refractivity contribution < 1.29 is 9.53 Å². The molecule has 0 saturated heterocycles. The first-order valence-electron chi connectivity index (χ1n) is 6.22. The summed E-state index contributed by atoms with van der Waals surface area (Å²) in [6.45, 7) is 3.15. The Bertz CT molecular complexity index is 722. The van der Waals surface area contributed by atoms with Crippen LogP contribution in [-0.2, 0) is 11.3 Å². The van der Waals surface area contributed by atoms with Crippen LogP contribution in [0.25, 0.3) is 0 Å². The van der Waals surface area contributed by atoms with Crippen molar-refractivity contribution in [2.75, 3.05) is 13.7 Å². The summed E-state index contributed by atoms with van der Waals surface area (Å²) in [4.78, 5) is 18.1. The van der Waals surface area contributed by atoms with Gasteiger partial charge in [0.05, 0.1) is 22.2 Å². The SMILES string of the molecule is COCCn1cc(C)sc1=NC(=O)c1cccc(Cl)c1Cl. The summed E-state index contributed by atoms with van der Waals surface area (Å²) in [5.41, 5.74) is 0.300. The van der Waals surface area contributed by atoms with Crippen molar-refractivity contribution in [3.05, 3.63) is 49.7 Å². The van der Waals surface area contributed by atoms with Crippen molar-refractivity contribution in [3.8, 4) is 0 Å². The summed E-state index contributed by atoms with van der Waals surface area (Å²) in [5, 5.41) is 0.567. The number of hydrogen-bond acceptors (Lipinski definition) is 3. The van der Waals surface area contributed by atoms with Gasteiger partial charge in [-0.2, -0.15) is 4.99 Å². The molecule has 2 rings (SSSR count). The largest absolute Gasteiger partial charge is 0.383 e. The molecule has 0 bridgehead atoms. The standard InChI is InChI=1S/C14H14Cl2N2O2S/c1-9-8-18(6-7-20-2)14(21-9)17-13(19)10-4-3-5-11(15)12(10)16/h3-5,8H,6-7H2,1-2H3. The van der Waals surface area contributed by atoms with Gasteiger partial charge in [0.15, 0.2) is 4.80 Å². The lowest BCUT2D eigenvalue weighted by atomic mass is 10.2. The van der Waals surface area contributed by atoms with Crippen molar-refractivity contribution in [3.63, 3.8) is 0 Å². The van der Waals surface area contributed by atoms with Crippen LogP contribution in [0.15, 0.2) is 29.4 Å². The molecule has 1 amide bonds. The highest BCUT2D eigenvalue weighted by Crippen LogP contribution is 2.25. The first-order chi connectivity index (χ1) is 10.0. The number of carbonyl (C=O) groups excluding carboxylic acids is 1. The summed E-state index contributed by atoms with van der Waals surface area (Å²) in [6, 6.07) is 4.92. The van der Waals surface area contributed by atoms with E-state index in [-0.39, 0.29) is 5.02 Å². The minimum absolute atomic E-state index is 0.227. The van der Waals surface area contributed by atoms with Crippen LogP contribution in [0.4, 0.5) is 0 Å². The van der Waals surface area contributed by atoms with Gasteiger partial charge in [0, 0.05) is 24.7 Å². The van der Waals surface area contributed by atoms with Crippen LogP contribution in [0, 0.1) is 6.92 Å². The molecule has 21 heavy (non-hydrogen) atoms. The van der Waals surface area contributed by atoms with Gasteiger partial charge in [0.1, 0.15) is 0 Å². The maximum absolute atomic E-state index is 12.3. The molecule has 2 aromatic rings. The third-order valence-corrected chi connectivity index (χ3v) is 4.51. The summed E-state index contributed by atoms with van der Waals surface area (Å²) in [7, 11) is 1.63. The van der Waals surface area contributed by atoms with Crippen LogP contribution in [0.1, 0.15) is 15.2 Å². The van der Waals surface area contributed by atoms with Gasteiger partial charge >= 0.3 is 0 Å². The number of amides is 1. The fraction of sp³-hybridized carbons (Fsp3) is 0.286. The van der Waals surface area contributed by atoms with E-state index in [0.717, 1.165) is 4.88 Å². The molecule has 4 nitrogen and oxygen atoms in total. The zero-order chi connectivity index (χ0) is 15.4. The predicted molar refractivity (Wildman–Crippen MR) is 85.3 cm³/mol.